The van der Waals surface area contributed by atoms with Crippen molar-refractivity contribution in [3.05, 3.63) is 35.9 Å². The fourth-order valence-electron chi connectivity index (χ4n) is 2.33. The van der Waals surface area contributed by atoms with E-state index in [9.17, 15) is 15.0 Å². The molecule has 0 spiro atoms. The second kappa shape index (κ2) is 7.00. The number of esters is 1. The average Bonchev–Trinajstić information content (AvgIpc) is 2.44. The summed E-state index contributed by atoms with van der Waals surface area (Å²) in [5, 5.41) is 20.0. The molecule has 1 aromatic carbocycles. The van der Waals surface area contributed by atoms with Gasteiger partial charge in [0, 0.05) is 6.92 Å². The van der Waals surface area contributed by atoms with E-state index < -0.39 is 36.7 Å². The summed E-state index contributed by atoms with van der Waals surface area (Å²) in [6, 6.07) is 9.48. The Balaban J connectivity index is 2.01. The van der Waals surface area contributed by atoms with Gasteiger partial charge in [-0.1, -0.05) is 30.3 Å². The summed E-state index contributed by atoms with van der Waals surface area (Å²) in [6.07, 6.45) is -4.89. The topological polar surface area (TPSA) is 85.2 Å². The van der Waals surface area contributed by atoms with Crippen molar-refractivity contribution in [1.29, 1.82) is 0 Å². The van der Waals surface area contributed by atoms with Crippen molar-refractivity contribution in [3.8, 4) is 0 Å². The van der Waals surface area contributed by atoms with E-state index in [2.05, 4.69) is 0 Å². The summed E-state index contributed by atoms with van der Waals surface area (Å²) in [5.41, 5.74) is 0.951. The fraction of sp³-hybridized carbons (Fsp3) is 0.533. The summed E-state index contributed by atoms with van der Waals surface area (Å²) >= 11 is 0. The molecule has 0 radical (unpaired) electrons. The molecule has 1 aromatic rings. The fourth-order valence-corrected chi connectivity index (χ4v) is 2.33. The van der Waals surface area contributed by atoms with Gasteiger partial charge in [-0.2, -0.15) is 0 Å². The van der Waals surface area contributed by atoms with Crippen molar-refractivity contribution in [3.63, 3.8) is 0 Å². The number of aliphatic hydroxyl groups is 2. The molecule has 0 bridgehead atoms. The Morgan fingerprint density at radius 2 is 1.90 bits per heavy atom. The largest absolute Gasteiger partial charge is 0.454 e. The molecule has 1 aliphatic rings. The van der Waals surface area contributed by atoms with Gasteiger partial charge in [-0.25, -0.2) is 0 Å². The van der Waals surface area contributed by atoms with Crippen LogP contribution in [0.5, 0.6) is 0 Å². The first-order chi connectivity index (χ1) is 9.99. The molecule has 1 saturated heterocycles. The first kappa shape index (κ1) is 15.9. The summed E-state index contributed by atoms with van der Waals surface area (Å²) in [4.78, 5) is 11.0. The van der Waals surface area contributed by atoms with Crippen molar-refractivity contribution < 1.29 is 29.2 Å². The van der Waals surface area contributed by atoms with Gasteiger partial charge in [0.05, 0.1) is 12.7 Å². The third kappa shape index (κ3) is 4.01. The van der Waals surface area contributed by atoms with Crippen LogP contribution in [-0.4, -0.2) is 46.9 Å². The number of benzene rings is 1. The molecule has 5 atom stereocenters. The normalized spacial score (nSPS) is 32.7. The van der Waals surface area contributed by atoms with Gasteiger partial charge < -0.3 is 24.4 Å². The van der Waals surface area contributed by atoms with Gasteiger partial charge in [0.1, 0.15) is 12.2 Å². The number of hydrogen-bond donors (Lipinski definition) is 2. The first-order valence-electron chi connectivity index (χ1n) is 6.83. The highest BCUT2D eigenvalue weighted by Gasteiger charge is 2.45. The molecule has 2 rings (SSSR count). The number of carbonyl (C=O) groups is 1. The van der Waals surface area contributed by atoms with Gasteiger partial charge in [0.25, 0.3) is 0 Å². The standard InChI is InChI=1S/C15H20O6/c1-9-13(19-8-11-6-4-3-5-7-11)12(17)14(15(18)20-9)21-10(2)16/h3-7,9,12-15,17-18H,8H2,1-2H3/t9?,12-,13-,14?,15+/m0/s1. The minimum atomic E-state index is -1.37. The lowest BCUT2D eigenvalue weighted by Crippen LogP contribution is -2.58. The van der Waals surface area contributed by atoms with Crippen LogP contribution in [-0.2, 0) is 25.6 Å². The van der Waals surface area contributed by atoms with Crippen molar-refractivity contribution in [2.75, 3.05) is 0 Å². The smallest absolute Gasteiger partial charge is 0.303 e. The molecule has 21 heavy (non-hydrogen) atoms. The van der Waals surface area contributed by atoms with Crippen LogP contribution < -0.4 is 0 Å². The first-order valence-corrected chi connectivity index (χ1v) is 6.83. The van der Waals surface area contributed by atoms with E-state index in [-0.39, 0.29) is 0 Å². The van der Waals surface area contributed by atoms with Gasteiger partial charge in [-0.3, -0.25) is 4.79 Å². The third-order valence-corrected chi connectivity index (χ3v) is 3.36. The maximum absolute atomic E-state index is 11.0. The van der Waals surface area contributed by atoms with Crippen molar-refractivity contribution in [2.24, 2.45) is 0 Å². The molecule has 1 heterocycles. The Morgan fingerprint density at radius 3 is 2.52 bits per heavy atom. The van der Waals surface area contributed by atoms with E-state index >= 15 is 0 Å². The second-order valence-corrected chi connectivity index (χ2v) is 5.06. The molecule has 116 valence electrons. The Morgan fingerprint density at radius 1 is 1.24 bits per heavy atom. The van der Waals surface area contributed by atoms with Crippen LogP contribution in [0, 0.1) is 0 Å². The molecule has 6 heteroatoms. The molecule has 1 aliphatic heterocycles. The van der Waals surface area contributed by atoms with Gasteiger partial charge in [0.2, 0.25) is 0 Å². The van der Waals surface area contributed by atoms with Crippen LogP contribution in [0.4, 0.5) is 0 Å². The molecule has 0 saturated carbocycles. The predicted octanol–water partition coefficient (Wildman–Crippen LogP) is 0.601. The minimum absolute atomic E-state index is 0.291. The lowest BCUT2D eigenvalue weighted by Gasteiger charge is -2.40. The molecule has 1 fully saturated rings. The average molecular weight is 296 g/mol. The summed E-state index contributed by atoms with van der Waals surface area (Å²) in [5.74, 6) is -0.599. The Bertz CT molecular complexity index is 462. The lowest BCUT2D eigenvalue weighted by atomic mass is 9.99. The van der Waals surface area contributed by atoms with Gasteiger partial charge >= 0.3 is 5.97 Å². The van der Waals surface area contributed by atoms with Crippen LogP contribution in [0.25, 0.3) is 0 Å². The Kier molecular flexibility index (Phi) is 5.30. The predicted molar refractivity (Wildman–Crippen MR) is 73.1 cm³/mol. The molecule has 6 nitrogen and oxygen atoms in total. The number of hydrogen-bond acceptors (Lipinski definition) is 6. The van der Waals surface area contributed by atoms with Gasteiger partial charge in [0.15, 0.2) is 12.4 Å². The van der Waals surface area contributed by atoms with Crippen LogP contribution in [0.3, 0.4) is 0 Å². The highest BCUT2D eigenvalue weighted by atomic mass is 16.7. The van der Waals surface area contributed by atoms with E-state index in [1.165, 1.54) is 6.92 Å². The maximum Gasteiger partial charge on any atom is 0.303 e. The number of ether oxygens (including phenoxy) is 3. The van der Waals surface area contributed by atoms with E-state index in [1.807, 2.05) is 30.3 Å². The Hall–Kier alpha value is -1.47. The highest BCUT2D eigenvalue weighted by Crippen LogP contribution is 2.25. The lowest BCUT2D eigenvalue weighted by molar-refractivity contribution is -0.291. The number of aliphatic hydroxyl groups excluding tert-OH is 2. The monoisotopic (exact) mass is 296 g/mol. The van der Waals surface area contributed by atoms with E-state index in [0.29, 0.717) is 6.61 Å². The molecule has 0 aliphatic carbocycles. The van der Waals surface area contributed by atoms with Crippen molar-refractivity contribution >= 4 is 5.97 Å². The molecule has 0 amide bonds. The quantitative estimate of drug-likeness (QED) is 0.792. The zero-order chi connectivity index (χ0) is 15.4. The van der Waals surface area contributed by atoms with Crippen LogP contribution in [0.2, 0.25) is 0 Å². The third-order valence-electron chi connectivity index (χ3n) is 3.36. The maximum atomic E-state index is 11.0. The van der Waals surface area contributed by atoms with E-state index in [0.717, 1.165) is 5.56 Å². The molecular formula is C15H20O6. The van der Waals surface area contributed by atoms with Crippen LogP contribution in [0.1, 0.15) is 19.4 Å². The van der Waals surface area contributed by atoms with Crippen molar-refractivity contribution in [1.82, 2.24) is 0 Å². The summed E-state index contributed by atoms with van der Waals surface area (Å²) < 4.78 is 15.8. The van der Waals surface area contributed by atoms with E-state index in [1.54, 1.807) is 6.92 Å². The zero-order valence-corrected chi connectivity index (χ0v) is 12.0. The van der Waals surface area contributed by atoms with E-state index in [4.69, 9.17) is 14.2 Å². The second-order valence-electron chi connectivity index (χ2n) is 5.06. The van der Waals surface area contributed by atoms with Crippen molar-refractivity contribution in [2.45, 2.75) is 51.2 Å². The van der Waals surface area contributed by atoms with Crippen LogP contribution >= 0.6 is 0 Å². The van der Waals surface area contributed by atoms with Crippen LogP contribution in [0.15, 0.2) is 30.3 Å². The Labute approximate surface area is 123 Å². The highest BCUT2D eigenvalue weighted by molar-refractivity contribution is 5.66. The molecule has 0 aromatic heterocycles. The SMILES string of the molecule is CC(=O)OC1[C@H](O)OC(C)[C@H](OCc2ccccc2)[C@@H]1O. The molecule has 2 unspecified atom stereocenters. The zero-order valence-electron chi connectivity index (χ0n) is 12.0. The van der Waals surface area contributed by atoms with Gasteiger partial charge in [-0.15, -0.1) is 0 Å². The molecule has 2 N–H and O–H groups in total. The summed E-state index contributed by atoms with van der Waals surface area (Å²) in [6.45, 7) is 3.18. The number of carbonyl (C=O) groups excluding carboxylic acids is 1. The number of rotatable bonds is 4. The minimum Gasteiger partial charge on any atom is -0.454 e. The summed E-state index contributed by atoms with van der Waals surface area (Å²) in [7, 11) is 0. The van der Waals surface area contributed by atoms with Gasteiger partial charge in [-0.05, 0) is 12.5 Å². The molecular weight excluding hydrogens is 276 g/mol.